The number of carboxylic acids is 1. The third-order valence-corrected chi connectivity index (χ3v) is 3.94. The van der Waals surface area contributed by atoms with E-state index >= 15 is 0 Å². The van der Waals surface area contributed by atoms with Crippen LogP contribution in [0.5, 0.6) is 0 Å². The molecule has 108 valence electrons. The predicted molar refractivity (Wildman–Crippen MR) is 83.3 cm³/mol. The molecular weight excluding hydrogens is 272 g/mol. The van der Waals surface area contributed by atoms with E-state index in [1.807, 2.05) is 24.3 Å². The van der Waals surface area contributed by atoms with Crippen LogP contribution in [0, 0.1) is 11.3 Å². The molecule has 2 N–H and O–H groups in total. The molecule has 1 heterocycles. The van der Waals surface area contributed by atoms with Gasteiger partial charge in [0.25, 0.3) is 0 Å². The number of anilines is 1. The summed E-state index contributed by atoms with van der Waals surface area (Å²) in [6.07, 6.45) is 0.645. The van der Waals surface area contributed by atoms with Gasteiger partial charge in [0.05, 0.1) is 11.4 Å². The molecule has 4 nitrogen and oxygen atoms in total. The zero-order chi connectivity index (χ0) is 14.8. The van der Waals surface area contributed by atoms with Crippen LogP contribution in [0.25, 0.3) is 10.9 Å². The highest BCUT2D eigenvalue weighted by Gasteiger charge is 2.24. The zero-order valence-corrected chi connectivity index (χ0v) is 12.8. The van der Waals surface area contributed by atoms with Gasteiger partial charge in [0.15, 0.2) is 0 Å². The smallest absolute Gasteiger partial charge is 0.308 e. The van der Waals surface area contributed by atoms with Crippen molar-refractivity contribution in [3.8, 4) is 0 Å². The first kappa shape index (κ1) is 14.8. The van der Waals surface area contributed by atoms with Gasteiger partial charge >= 0.3 is 5.97 Å². The van der Waals surface area contributed by atoms with Crippen LogP contribution < -0.4 is 5.32 Å². The molecule has 0 bridgehead atoms. The quantitative estimate of drug-likeness (QED) is 0.878. The van der Waals surface area contributed by atoms with E-state index in [4.69, 9.17) is 0 Å². The van der Waals surface area contributed by atoms with Gasteiger partial charge in [-0.2, -0.15) is 4.37 Å². The average Bonchev–Trinajstić information content (AvgIpc) is 2.76. The minimum atomic E-state index is -0.749. The number of hydrogen-bond donors (Lipinski definition) is 2. The van der Waals surface area contributed by atoms with Crippen LogP contribution in [-0.2, 0) is 4.79 Å². The first-order valence-corrected chi connectivity index (χ1v) is 7.45. The molecule has 0 saturated heterocycles. The molecule has 1 atom stereocenters. The Morgan fingerprint density at radius 2 is 2.10 bits per heavy atom. The Hall–Kier alpha value is -1.62. The Balaban J connectivity index is 2.07. The SMILES string of the molecule is CC(C)(C)CC(CNc1snc2ccccc12)C(=O)O. The lowest BCUT2D eigenvalue weighted by Gasteiger charge is -2.23. The molecule has 20 heavy (non-hydrogen) atoms. The van der Waals surface area contributed by atoms with Crippen LogP contribution in [0.2, 0.25) is 0 Å². The molecule has 0 radical (unpaired) electrons. The van der Waals surface area contributed by atoms with E-state index in [0.29, 0.717) is 13.0 Å². The van der Waals surface area contributed by atoms with Gasteiger partial charge in [0.1, 0.15) is 5.00 Å². The number of rotatable bonds is 5. The van der Waals surface area contributed by atoms with Crippen molar-refractivity contribution in [2.45, 2.75) is 27.2 Å². The number of fused-ring (bicyclic) bond motifs is 1. The second-order valence-electron chi connectivity index (χ2n) is 6.21. The molecule has 1 aromatic heterocycles. The number of benzene rings is 1. The largest absolute Gasteiger partial charge is 0.481 e. The van der Waals surface area contributed by atoms with Gasteiger partial charge in [0, 0.05) is 11.9 Å². The van der Waals surface area contributed by atoms with Crippen LogP contribution in [-0.4, -0.2) is 22.0 Å². The summed E-state index contributed by atoms with van der Waals surface area (Å²) < 4.78 is 4.35. The number of carbonyl (C=O) groups is 1. The monoisotopic (exact) mass is 292 g/mol. The van der Waals surface area contributed by atoms with E-state index in [1.165, 1.54) is 11.5 Å². The molecule has 1 aromatic carbocycles. The number of nitrogens with one attached hydrogen (secondary N) is 1. The van der Waals surface area contributed by atoms with Crippen molar-refractivity contribution in [1.82, 2.24) is 4.37 Å². The van der Waals surface area contributed by atoms with E-state index in [0.717, 1.165) is 15.9 Å². The van der Waals surface area contributed by atoms with E-state index in [1.54, 1.807) is 0 Å². The van der Waals surface area contributed by atoms with Crippen LogP contribution in [0.1, 0.15) is 27.2 Å². The normalized spacial score (nSPS) is 13.3. The molecule has 0 saturated carbocycles. The molecule has 0 amide bonds. The summed E-state index contributed by atoms with van der Waals surface area (Å²) in [6.45, 7) is 6.61. The number of hydrogen-bond acceptors (Lipinski definition) is 4. The molecule has 0 fully saturated rings. The number of carboxylic acid groups (broad SMARTS) is 1. The predicted octanol–water partition coefficient (Wildman–Crippen LogP) is 3.85. The van der Waals surface area contributed by atoms with Gasteiger partial charge in [-0.05, 0) is 35.5 Å². The lowest BCUT2D eigenvalue weighted by molar-refractivity contribution is -0.142. The number of aromatic nitrogens is 1. The topological polar surface area (TPSA) is 62.2 Å². The maximum Gasteiger partial charge on any atom is 0.308 e. The number of nitrogens with zero attached hydrogens (tertiary/aromatic N) is 1. The second kappa shape index (κ2) is 5.79. The highest BCUT2D eigenvalue weighted by Crippen LogP contribution is 2.29. The Labute approximate surface area is 123 Å². The Kier molecular flexibility index (Phi) is 4.28. The summed E-state index contributed by atoms with van der Waals surface area (Å²) in [4.78, 5) is 11.3. The summed E-state index contributed by atoms with van der Waals surface area (Å²) in [7, 11) is 0. The molecule has 0 aliphatic carbocycles. The van der Waals surface area contributed by atoms with Gasteiger partial charge in [-0.3, -0.25) is 4.79 Å². The van der Waals surface area contributed by atoms with Gasteiger partial charge < -0.3 is 10.4 Å². The van der Waals surface area contributed by atoms with E-state index in [-0.39, 0.29) is 5.41 Å². The summed E-state index contributed by atoms with van der Waals surface area (Å²) in [6, 6.07) is 7.87. The average molecular weight is 292 g/mol. The fourth-order valence-electron chi connectivity index (χ4n) is 2.22. The van der Waals surface area contributed by atoms with Crippen molar-refractivity contribution >= 4 is 33.4 Å². The summed E-state index contributed by atoms with van der Waals surface area (Å²) in [5.41, 5.74) is 0.947. The minimum Gasteiger partial charge on any atom is -0.481 e. The maximum absolute atomic E-state index is 11.3. The van der Waals surface area contributed by atoms with Crippen molar-refractivity contribution in [3.63, 3.8) is 0 Å². The van der Waals surface area contributed by atoms with Crippen molar-refractivity contribution in [2.24, 2.45) is 11.3 Å². The molecule has 2 aromatic rings. The van der Waals surface area contributed by atoms with Crippen molar-refractivity contribution in [3.05, 3.63) is 24.3 Å². The molecular formula is C15H20N2O2S. The summed E-state index contributed by atoms with van der Waals surface area (Å²) in [5, 5.41) is 14.6. The highest BCUT2D eigenvalue weighted by atomic mass is 32.1. The summed E-state index contributed by atoms with van der Waals surface area (Å²) >= 11 is 1.38. The lowest BCUT2D eigenvalue weighted by atomic mass is 9.84. The van der Waals surface area contributed by atoms with Crippen molar-refractivity contribution < 1.29 is 9.90 Å². The van der Waals surface area contributed by atoms with Gasteiger partial charge in [0.2, 0.25) is 0 Å². The summed E-state index contributed by atoms with van der Waals surface area (Å²) in [5.74, 6) is -1.14. The van der Waals surface area contributed by atoms with Crippen molar-refractivity contribution in [1.29, 1.82) is 0 Å². The van der Waals surface area contributed by atoms with Crippen molar-refractivity contribution in [2.75, 3.05) is 11.9 Å². The molecule has 0 spiro atoms. The maximum atomic E-state index is 11.3. The molecule has 0 aliphatic rings. The van der Waals surface area contributed by atoms with Gasteiger partial charge in [-0.15, -0.1) is 0 Å². The van der Waals surface area contributed by atoms with Crippen LogP contribution in [0.15, 0.2) is 24.3 Å². The Bertz CT molecular complexity index is 601. The second-order valence-corrected chi connectivity index (χ2v) is 6.98. The third-order valence-electron chi connectivity index (χ3n) is 3.10. The van der Waals surface area contributed by atoms with Gasteiger partial charge in [-0.1, -0.05) is 32.9 Å². The van der Waals surface area contributed by atoms with E-state index in [9.17, 15) is 9.90 Å². The molecule has 5 heteroatoms. The number of aliphatic carboxylic acids is 1. The Morgan fingerprint density at radius 1 is 1.40 bits per heavy atom. The van der Waals surface area contributed by atoms with E-state index in [2.05, 4.69) is 30.5 Å². The first-order chi connectivity index (χ1) is 9.37. The van der Waals surface area contributed by atoms with E-state index < -0.39 is 11.9 Å². The zero-order valence-electron chi connectivity index (χ0n) is 12.0. The van der Waals surface area contributed by atoms with Crippen LogP contribution in [0.3, 0.4) is 0 Å². The standard InChI is InChI=1S/C15H20N2O2S/c1-15(2,3)8-10(14(18)19)9-16-13-11-6-4-5-7-12(11)17-20-13/h4-7,10,16H,8-9H2,1-3H3,(H,18,19). The highest BCUT2D eigenvalue weighted by molar-refractivity contribution is 7.11. The Morgan fingerprint density at radius 3 is 2.75 bits per heavy atom. The first-order valence-electron chi connectivity index (χ1n) is 6.68. The fourth-order valence-corrected chi connectivity index (χ4v) is 2.99. The van der Waals surface area contributed by atoms with Crippen LogP contribution in [0.4, 0.5) is 5.00 Å². The lowest BCUT2D eigenvalue weighted by Crippen LogP contribution is -2.27. The third kappa shape index (κ3) is 3.70. The molecule has 1 unspecified atom stereocenters. The fraction of sp³-hybridized carbons (Fsp3) is 0.467. The van der Waals surface area contributed by atoms with Crippen LogP contribution >= 0.6 is 11.5 Å². The van der Waals surface area contributed by atoms with Gasteiger partial charge in [-0.25, -0.2) is 0 Å². The minimum absolute atomic E-state index is 0.000500. The molecule has 2 rings (SSSR count). The molecule has 0 aliphatic heterocycles.